The van der Waals surface area contributed by atoms with Gasteiger partial charge in [0.25, 0.3) is 5.56 Å². The van der Waals surface area contributed by atoms with Crippen LogP contribution in [0.1, 0.15) is 27.7 Å². The third kappa shape index (κ3) is 3.51. The molecule has 0 bridgehead atoms. The van der Waals surface area contributed by atoms with Gasteiger partial charge in [0.2, 0.25) is 0 Å². The summed E-state index contributed by atoms with van der Waals surface area (Å²) in [6.45, 7) is 3.23. The van der Waals surface area contributed by atoms with Gasteiger partial charge in [0.05, 0.1) is 18.3 Å². The second-order valence-corrected chi connectivity index (χ2v) is 6.68. The van der Waals surface area contributed by atoms with Crippen molar-refractivity contribution in [1.82, 2.24) is 9.55 Å². The van der Waals surface area contributed by atoms with E-state index in [-0.39, 0.29) is 24.5 Å². The van der Waals surface area contributed by atoms with Crippen LogP contribution in [0.3, 0.4) is 0 Å². The van der Waals surface area contributed by atoms with Gasteiger partial charge < -0.3 is 4.74 Å². The lowest BCUT2D eigenvalue weighted by Gasteiger charge is -2.04. The van der Waals surface area contributed by atoms with E-state index < -0.39 is 5.97 Å². The first-order chi connectivity index (χ1) is 12.0. The molecule has 6 nitrogen and oxygen atoms in total. The van der Waals surface area contributed by atoms with E-state index in [4.69, 9.17) is 4.74 Å². The summed E-state index contributed by atoms with van der Waals surface area (Å²) in [5.41, 5.74) is 1.10. The number of ether oxygens (including phenoxy) is 1. The van der Waals surface area contributed by atoms with Crippen molar-refractivity contribution in [2.45, 2.75) is 27.0 Å². The number of hydrogen-bond acceptors (Lipinski definition) is 6. The summed E-state index contributed by atoms with van der Waals surface area (Å²) in [5.74, 6) is -0.625. The smallest absolute Gasteiger partial charge is 0.349 e. The summed E-state index contributed by atoms with van der Waals surface area (Å²) < 4.78 is 6.59. The number of aromatic nitrogens is 2. The average molecular weight is 356 g/mol. The quantitative estimate of drug-likeness (QED) is 0.657. The molecule has 0 aliphatic rings. The van der Waals surface area contributed by atoms with Crippen molar-refractivity contribution in [1.29, 1.82) is 0 Å². The molecule has 25 heavy (non-hydrogen) atoms. The largest absolute Gasteiger partial charge is 0.457 e. The van der Waals surface area contributed by atoms with Gasteiger partial charge >= 0.3 is 5.97 Å². The number of carbonyl (C=O) groups is 2. The van der Waals surface area contributed by atoms with Gasteiger partial charge in [-0.15, -0.1) is 11.3 Å². The van der Waals surface area contributed by atoms with Crippen LogP contribution < -0.4 is 5.56 Å². The van der Waals surface area contributed by atoms with E-state index in [0.717, 1.165) is 16.9 Å². The zero-order chi connectivity index (χ0) is 18.0. The van der Waals surface area contributed by atoms with Crippen molar-refractivity contribution in [2.75, 3.05) is 0 Å². The van der Waals surface area contributed by atoms with Crippen LogP contribution in [0.4, 0.5) is 0 Å². The van der Waals surface area contributed by atoms with Gasteiger partial charge in [0, 0.05) is 0 Å². The summed E-state index contributed by atoms with van der Waals surface area (Å²) in [6, 6.07) is 9.36. The molecule has 0 radical (unpaired) electrons. The third-order valence-electron chi connectivity index (χ3n) is 3.71. The number of aryl methyl sites for hydroxylation is 1. The van der Waals surface area contributed by atoms with Crippen molar-refractivity contribution in [2.24, 2.45) is 0 Å². The molecule has 2 heterocycles. The summed E-state index contributed by atoms with van der Waals surface area (Å²) in [7, 11) is 0. The zero-order valence-corrected chi connectivity index (χ0v) is 14.6. The van der Waals surface area contributed by atoms with Crippen LogP contribution in [-0.4, -0.2) is 21.3 Å². The Labute approximate surface area is 147 Å². The van der Waals surface area contributed by atoms with Gasteiger partial charge in [-0.25, -0.2) is 9.78 Å². The molecule has 3 aromatic rings. The zero-order valence-electron chi connectivity index (χ0n) is 13.8. The van der Waals surface area contributed by atoms with Gasteiger partial charge in [0.15, 0.2) is 0 Å². The first kappa shape index (κ1) is 17.0. The Hall–Kier alpha value is -2.80. The molecule has 0 aliphatic carbocycles. The second-order valence-electron chi connectivity index (χ2n) is 5.68. The Morgan fingerprint density at radius 2 is 1.96 bits per heavy atom. The molecule has 7 heteroatoms. The van der Waals surface area contributed by atoms with Gasteiger partial charge in [-0.1, -0.05) is 30.3 Å². The Morgan fingerprint density at radius 3 is 2.64 bits per heavy atom. The number of benzene rings is 1. The first-order valence-corrected chi connectivity index (χ1v) is 8.48. The maximum Gasteiger partial charge on any atom is 0.349 e. The van der Waals surface area contributed by atoms with Crippen molar-refractivity contribution < 1.29 is 14.3 Å². The molecule has 0 N–H and O–H groups in total. The lowest BCUT2D eigenvalue weighted by molar-refractivity contribution is -0.117. The molecular weight excluding hydrogens is 340 g/mol. The molecule has 1 aromatic carbocycles. The van der Waals surface area contributed by atoms with E-state index in [0.29, 0.717) is 20.7 Å². The molecule has 0 atom stereocenters. The molecule has 0 saturated carbocycles. The van der Waals surface area contributed by atoms with Gasteiger partial charge in [-0.3, -0.25) is 14.2 Å². The summed E-state index contributed by atoms with van der Waals surface area (Å²) in [4.78, 5) is 41.2. The van der Waals surface area contributed by atoms with E-state index in [1.807, 2.05) is 30.3 Å². The standard InChI is InChI=1S/C18H16N2O4S/c1-11(21)8-20-10-19-16-14(17(20)22)12(2)15(25-16)18(23)24-9-13-6-4-3-5-7-13/h3-7,10H,8-9H2,1-2H3. The van der Waals surface area contributed by atoms with Crippen LogP contribution in [0.2, 0.25) is 0 Å². The number of esters is 1. The lowest BCUT2D eigenvalue weighted by atomic mass is 10.2. The molecule has 128 valence electrons. The highest BCUT2D eigenvalue weighted by Crippen LogP contribution is 2.27. The number of Topliss-reactive ketones (excluding diaryl/α,β-unsaturated/α-hetero) is 1. The van der Waals surface area contributed by atoms with Crippen LogP contribution >= 0.6 is 11.3 Å². The predicted molar refractivity (Wildman–Crippen MR) is 94.9 cm³/mol. The normalized spacial score (nSPS) is 10.8. The maximum atomic E-state index is 12.5. The van der Waals surface area contributed by atoms with Gasteiger partial charge in [0.1, 0.15) is 22.1 Å². The monoisotopic (exact) mass is 356 g/mol. The lowest BCUT2D eigenvalue weighted by Crippen LogP contribution is -2.23. The molecule has 0 amide bonds. The van der Waals surface area contributed by atoms with E-state index >= 15 is 0 Å². The average Bonchev–Trinajstić information content (AvgIpc) is 2.93. The van der Waals surface area contributed by atoms with Crippen molar-refractivity contribution in [3.63, 3.8) is 0 Å². The fourth-order valence-corrected chi connectivity index (χ4v) is 3.53. The van der Waals surface area contributed by atoms with E-state index in [2.05, 4.69) is 4.98 Å². The number of nitrogens with zero attached hydrogens (tertiary/aromatic N) is 2. The molecule has 0 aliphatic heterocycles. The molecule has 0 saturated heterocycles. The van der Waals surface area contributed by atoms with Crippen molar-refractivity contribution >= 4 is 33.3 Å². The Bertz CT molecular complexity index is 1010. The van der Waals surface area contributed by atoms with Crippen LogP contribution in [0.25, 0.3) is 10.2 Å². The number of rotatable bonds is 5. The van der Waals surface area contributed by atoms with Crippen LogP contribution in [0.15, 0.2) is 41.5 Å². The highest BCUT2D eigenvalue weighted by Gasteiger charge is 2.20. The van der Waals surface area contributed by atoms with Crippen LogP contribution in [0.5, 0.6) is 0 Å². The molecule has 3 rings (SSSR count). The number of hydrogen-bond donors (Lipinski definition) is 0. The summed E-state index contributed by atoms with van der Waals surface area (Å²) in [6.07, 6.45) is 1.33. The molecule has 0 spiro atoms. The predicted octanol–water partition coefficient (Wildman–Crippen LogP) is 2.71. The molecule has 0 unspecified atom stereocenters. The number of thiophene rings is 1. The highest BCUT2D eigenvalue weighted by atomic mass is 32.1. The Balaban J connectivity index is 1.90. The van der Waals surface area contributed by atoms with Crippen molar-refractivity contribution in [3.8, 4) is 0 Å². The highest BCUT2D eigenvalue weighted by molar-refractivity contribution is 7.20. The van der Waals surface area contributed by atoms with Crippen molar-refractivity contribution in [3.05, 3.63) is 63.0 Å². The second kappa shape index (κ2) is 6.98. The third-order valence-corrected chi connectivity index (χ3v) is 4.89. The number of ketones is 1. The Kier molecular flexibility index (Phi) is 4.76. The van der Waals surface area contributed by atoms with E-state index in [9.17, 15) is 14.4 Å². The van der Waals surface area contributed by atoms with Gasteiger partial charge in [-0.05, 0) is 25.0 Å². The summed E-state index contributed by atoms with van der Waals surface area (Å²) in [5, 5.41) is 0.361. The molecule has 2 aromatic heterocycles. The van der Waals surface area contributed by atoms with Gasteiger partial charge in [-0.2, -0.15) is 0 Å². The fourth-order valence-electron chi connectivity index (χ4n) is 2.50. The summed E-state index contributed by atoms with van der Waals surface area (Å²) >= 11 is 1.12. The fraction of sp³-hybridized carbons (Fsp3) is 0.222. The molecule has 0 fully saturated rings. The minimum absolute atomic E-state index is 0.0369. The topological polar surface area (TPSA) is 78.3 Å². The maximum absolute atomic E-state index is 12.5. The number of fused-ring (bicyclic) bond motifs is 1. The van der Waals surface area contributed by atoms with E-state index in [1.54, 1.807) is 6.92 Å². The van der Waals surface area contributed by atoms with Crippen LogP contribution in [0, 0.1) is 6.92 Å². The SMILES string of the molecule is CC(=O)Cn1cnc2sc(C(=O)OCc3ccccc3)c(C)c2c1=O. The van der Waals surface area contributed by atoms with Crippen LogP contribution in [-0.2, 0) is 22.7 Å². The van der Waals surface area contributed by atoms with E-state index in [1.165, 1.54) is 17.8 Å². The minimum atomic E-state index is -0.484. The Morgan fingerprint density at radius 1 is 1.24 bits per heavy atom. The molecular formula is C18H16N2O4S. The minimum Gasteiger partial charge on any atom is -0.457 e. The first-order valence-electron chi connectivity index (χ1n) is 7.66. The number of carbonyl (C=O) groups excluding carboxylic acids is 2.